The lowest BCUT2D eigenvalue weighted by Crippen LogP contribution is -2.57. The molecule has 0 N–H and O–H groups in total. The molecule has 1 fully saturated rings. The number of anilines is 2. The lowest BCUT2D eigenvalue weighted by molar-refractivity contribution is -0.121. The molecule has 1 aromatic heterocycles. The minimum absolute atomic E-state index is 0.150. The first kappa shape index (κ1) is 18.4. The minimum atomic E-state index is -0.720. The van der Waals surface area contributed by atoms with E-state index < -0.39 is 17.8 Å². The van der Waals surface area contributed by atoms with Crippen molar-refractivity contribution < 1.29 is 18.8 Å². The fraction of sp³-hybridized carbons (Fsp3) is 0.0870. The minimum Gasteiger partial charge on any atom is -0.462 e. The quantitative estimate of drug-likeness (QED) is 0.492. The molecular formula is C23H18N2O4. The fourth-order valence-corrected chi connectivity index (χ4v) is 3.13. The second kappa shape index (κ2) is 7.24. The monoisotopic (exact) mass is 386 g/mol. The molecule has 1 saturated heterocycles. The predicted octanol–water partition coefficient (Wildman–Crippen LogP) is 4.48. The second-order valence-electron chi connectivity index (χ2n) is 6.74. The van der Waals surface area contributed by atoms with E-state index in [0.717, 1.165) is 15.4 Å². The largest absolute Gasteiger partial charge is 0.462 e. The van der Waals surface area contributed by atoms with Crippen molar-refractivity contribution in [3.05, 3.63) is 89.4 Å². The lowest BCUT2D eigenvalue weighted by atomic mass is 10.1. The van der Waals surface area contributed by atoms with Gasteiger partial charge in [-0.15, -0.1) is 0 Å². The predicted molar refractivity (Wildman–Crippen MR) is 109 cm³/mol. The van der Waals surface area contributed by atoms with Crippen LogP contribution in [0.4, 0.5) is 16.2 Å². The molecule has 2 aromatic carbocycles. The molecule has 0 radical (unpaired) electrons. The van der Waals surface area contributed by atoms with Gasteiger partial charge in [0, 0.05) is 0 Å². The summed E-state index contributed by atoms with van der Waals surface area (Å²) in [6.07, 6.45) is 1.38. The van der Waals surface area contributed by atoms with Crippen LogP contribution >= 0.6 is 0 Å². The van der Waals surface area contributed by atoms with Crippen molar-refractivity contribution in [3.63, 3.8) is 0 Å². The Labute approximate surface area is 167 Å². The number of nitrogens with zero attached hydrogens (tertiary/aromatic N) is 2. The fourth-order valence-electron chi connectivity index (χ4n) is 3.13. The Morgan fingerprint density at radius 2 is 1.31 bits per heavy atom. The van der Waals surface area contributed by atoms with Crippen molar-refractivity contribution in [2.45, 2.75) is 13.8 Å². The van der Waals surface area contributed by atoms with Crippen LogP contribution in [0, 0.1) is 13.8 Å². The van der Waals surface area contributed by atoms with Gasteiger partial charge in [0.15, 0.2) is 0 Å². The second-order valence-corrected chi connectivity index (χ2v) is 6.74. The van der Waals surface area contributed by atoms with Gasteiger partial charge in [-0.25, -0.2) is 14.6 Å². The molecule has 0 spiro atoms. The van der Waals surface area contributed by atoms with E-state index in [4.69, 9.17) is 4.42 Å². The van der Waals surface area contributed by atoms with Gasteiger partial charge in [-0.3, -0.25) is 9.59 Å². The zero-order valence-electron chi connectivity index (χ0n) is 16.0. The van der Waals surface area contributed by atoms with Crippen LogP contribution in [0.25, 0.3) is 6.08 Å². The van der Waals surface area contributed by atoms with E-state index in [2.05, 4.69) is 0 Å². The number of rotatable bonds is 3. The summed E-state index contributed by atoms with van der Waals surface area (Å²) >= 11 is 0. The maximum Gasteiger partial charge on any atom is 0.343 e. The van der Waals surface area contributed by atoms with E-state index in [1.165, 1.54) is 6.08 Å². The summed E-state index contributed by atoms with van der Waals surface area (Å²) in [4.78, 5) is 41.5. The number of urea groups is 1. The van der Waals surface area contributed by atoms with E-state index >= 15 is 0 Å². The zero-order valence-corrected chi connectivity index (χ0v) is 16.0. The highest BCUT2D eigenvalue weighted by Crippen LogP contribution is 2.29. The van der Waals surface area contributed by atoms with Crippen molar-refractivity contribution in [2.24, 2.45) is 0 Å². The van der Waals surface area contributed by atoms with Gasteiger partial charge in [-0.1, -0.05) is 35.9 Å². The topological polar surface area (TPSA) is 70.8 Å². The lowest BCUT2D eigenvalue weighted by Gasteiger charge is -2.33. The smallest absolute Gasteiger partial charge is 0.343 e. The molecule has 144 valence electrons. The van der Waals surface area contributed by atoms with E-state index in [0.29, 0.717) is 22.9 Å². The molecule has 0 unspecified atom stereocenters. The van der Waals surface area contributed by atoms with E-state index in [-0.39, 0.29) is 5.57 Å². The van der Waals surface area contributed by atoms with Gasteiger partial charge in [0.05, 0.1) is 11.4 Å². The molecule has 29 heavy (non-hydrogen) atoms. The van der Waals surface area contributed by atoms with Crippen LogP contribution in [0.2, 0.25) is 0 Å². The first-order valence-corrected chi connectivity index (χ1v) is 9.08. The number of carbonyl (C=O) groups excluding carboxylic acids is 3. The average molecular weight is 386 g/mol. The Balaban J connectivity index is 1.86. The molecule has 0 saturated carbocycles. The SMILES string of the molecule is Cc1ccc(N2C(=O)/C(=C/c3ccc(C)o3)C(=O)N(c3ccccc3)C2=O)cc1. The number of barbiturate groups is 1. The Bertz CT molecular complexity index is 1130. The highest BCUT2D eigenvalue weighted by atomic mass is 16.3. The summed E-state index contributed by atoms with van der Waals surface area (Å²) < 4.78 is 5.50. The van der Waals surface area contributed by atoms with Gasteiger partial charge >= 0.3 is 6.03 Å². The first-order valence-electron chi connectivity index (χ1n) is 9.08. The van der Waals surface area contributed by atoms with E-state index in [1.54, 1.807) is 73.7 Å². The highest BCUT2D eigenvalue weighted by Gasteiger charge is 2.43. The number of amides is 4. The van der Waals surface area contributed by atoms with Crippen LogP contribution < -0.4 is 9.80 Å². The zero-order chi connectivity index (χ0) is 20.5. The Kier molecular flexibility index (Phi) is 4.60. The summed E-state index contributed by atoms with van der Waals surface area (Å²) in [6.45, 7) is 3.68. The molecule has 2 heterocycles. The number of benzene rings is 2. The number of furan rings is 1. The van der Waals surface area contributed by atoms with Gasteiger partial charge in [0.2, 0.25) is 0 Å². The van der Waals surface area contributed by atoms with Gasteiger partial charge in [0.1, 0.15) is 17.1 Å². The number of carbonyl (C=O) groups is 3. The van der Waals surface area contributed by atoms with Crippen LogP contribution in [0.5, 0.6) is 0 Å². The van der Waals surface area contributed by atoms with Crippen molar-refractivity contribution in [1.29, 1.82) is 0 Å². The molecule has 4 rings (SSSR count). The van der Waals surface area contributed by atoms with Crippen molar-refractivity contribution in [2.75, 3.05) is 9.80 Å². The molecular weight excluding hydrogens is 368 g/mol. The number of aryl methyl sites for hydroxylation is 2. The Hall–Kier alpha value is -3.93. The summed E-state index contributed by atoms with van der Waals surface area (Å²) in [5.74, 6) is -0.363. The average Bonchev–Trinajstić information content (AvgIpc) is 3.12. The van der Waals surface area contributed by atoms with Crippen molar-refractivity contribution in [1.82, 2.24) is 0 Å². The summed E-state index contributed by atoms with van der Waals surface area (Å²) in [5.41, 5.74) is 1.61. The van der Waals surface area contributed by atoms with Crippen LogP contribution in [0.15, 0.2) is 76.7 Å². The van der Waals surface area contributed by atoms with E-state index in [1.807, 2.05) is 6.92 Å². The van der Waals surface area contributed by atoms with Crippen LogP contribution in [0.3, 0.4) is 0 Å². The van der Waals surface area contributed by atoms with Crippen molar-refractivity contribution >= 4 is 35.3 Å². The third kappa shape index (κ3) is 3.36. The summed E-state index contributed by atoms with van der Waals surface area (Å²) in [6, 6.07) is 18.2. The maximum atomic E-state index is 13.2. The third-order valence-corrected chi connectivity index (χ3v) is 4.60. The molecule has 0 bridgehead atoms. The molecule has 1 aliphatic heterocycles. The van der Waals surface area contributed by atoms with E-state index in [9.17, 15) is 14.4 Å². The molecule has 3 aromatic rings. The standard InChI is InChI=1S/C23H18N2O4/c1-15-8-11-18(12-9-15)25-22(27)20(14-19-13-10-16(2)29-19)21(26)24(23(25)28)17-6-4-3-5-7-17/h3-14H,1-2H3/b20-14+. The molecule has 1 aliphatic rings. The first-order chi connectivity index (χ1) is 14.0. The highest BCUT2D eigenvalue weighted by molar-refractivity contribution is 6.46. The van der Waals surface area contributed by atoms with Gasteiger partial charge < -0.3 is 4.42 Å². The number of imide groups is 2. The number of para-hydroxylation sites is 1. The molecule has 6 nitrogen and oxygen atoms in total. The summed E-state index contributed by atoms with van der Waals surface area (Å²) in [7, 11) is 0. The van der Waals surface area contributed by atoms with Crippen LogP contribution in [-0.2, 0) is 9.59 Å². The van der Waals surface area contributed by atoms with Gasteiger partial charge in [-0.2, -0.15) is 0 Å². The third-order valence-electron chi connectivity index (χ3n) is 4.60. The Morgan fingerprint density at radius 1 is 0.724 bits per heavy atom. The molecule has 0 atom stereocenters. The Morgan fingerprint density at radius 3 is 1.86 bits per heavy atom. The van der Waals surface area contributed by atoms with Gasteiger partial charge in [-0.05, 0) is 56.3 Å². The molecule has 4 amide bonds. The molecule has 0 aliphatic carbocycles. The number of hydrogen-bond acceptors (Lipinski definition) is 4. The summed E-state index contributed by atoms with van der Waals surface area (Å²) in [5, 5.41) is 0. The van der Waals surface area contributed by atoms with Gasteiger partial charge in [0.25, 0.3) is 11.8 Å². The molecule has 6 heteroatoms. The normalized spacial score (nSPS) is 16.1. The maximum absolute atomic E-state index is 13.2. The van der Waals surface area contributed by atoms with Crippen LogP contribution in [0.1, 0.15) is 17.1 Å². The van der Waals surface area contributed by atoms with Crippen LogP contribution in [-0.4, -0.2) is 17.8 Å². The number of hydrogen-bond donors (Lipinski definition) is 0. The van der Waals surface area contributed by atoms with Crippen molar-refractivity contribution in [3.8, 4) is 0 Å².